The summed E-state index contributed by atoms with van der Waals surface area (Å²) in [6.07, 6.45) is 2.64. The van der Waals surface area contributed by atoms with Crippen LogP contribution in [0.1, 0.15) is 30.8 Å². The van der Waals surface area contributed by atoms with E-state index in [1.165, 1.54) is 0 Å². The zero-order valence-corrected chi connectivity index (χ0v) is 13.7. The summed E-state index contributed by atoms with van der Waals surface area (Å²) in [6.45, 7) is 4.65. The Kier molecular flexibility index (Phi) is 7.08. The summed E-state index contributed by atoms with van der Waals surface area (Å²) in [7, 11) is 0. The van der Waals surface area contributed by atoms with Gasteiger partial charge in [-0.3, -0.25) is 4.79 Å². The molecule has 0 aliphatic carbocycles. The van der Waals surface area contributed by atoms with Crippen LogP contribution in [0.4, 0.5) is 0 Å². The van der Waals surface area contributed by atoms with Crippen molar-refractivity contribution in [1.29, 1.82) is 0 Å². The number of hydrogen-bond donors (Lipinski definition) is 2. The molecule has 22 heavy (non-hydrogen) atoms. The Labute approximate surface area is 137 Å². The van der Waals surface area contributed by atoms with Gasteiger partial charge in [-0.1, -0.05) is 32.0 Å². The van der Waals surface area contributed by atoms with Crippen LogP contribution in [0.5, 0.6) is 0 Å². The zero-order chi connectivity index (χ0) is 15.2. The highest BCUT2D eigenvalue weighted by atomic mass is 35.5. The van der Waals surface area contributed by atoms with E-state index in [4.69, 9.17) is 5.73 Å². The average molecular weight is 323 g/mol. The fourth-order valence-corrected chi connectivity index (χ4v) is 2.21. The Hall–Kier alpha value is -1.85. The van der Waals surface area contributed by atoms with E-state index >= 15 is 0 Å². The second kappa shape index (κ2) is 8.56. The number of aromatic nitrogens is 2. The predicted octanol–water partition coefficient (Wildman–Crippen LogP) is 2.40. The average Bonchev–Trinajstić information content (AvgIpc) is 2.97. The summed E-state index contributed by atoms with van der Waals surface area (Å²) >= 11 is 0. The van der Waals surface area contributed by atoms with E-state index in [-0.39, 0.29) is 24.4 Å². The second-order valence-electron chi connectivity index (χ2n) is 5.52. The van der Waals surface area contributed by atoms with Gasteiger partial charge in [0.05, 0.1) is 5.69 Å². The SMILES string of the molecule is CC(C)CC(CN)NC(=O)c1ccn(-c2ccccc2)n1.Cl. The van der Waals surface area contributed by atoms with E-state index in [9.17, 15) is 4.79 Å². The minimum Gasteiger partial charge on any atom is -0.347 e. The molecule has 0 spiro atoms. The summed E-state index contributed by atoms with van der Waals surface area (Å²) in [5.41, 5.74) is 7.03. The van der Waals surface area contributed by atoms with Crippen molar-refractivity contribution in [2.24, 2.45) is 11.7 Å². The first-order valence-corrected chi connectivity index (χ1v) is 7.22. The lowest BCUT2D eigenvalue weighted by molar-refractivity contribution is 0.0928. The molecule has 0 saturated heterocycles. The summed E-state index contributed by atoms with van der Waals surface area (Å²) in [4.78, 5) is 12.2. The van der Waals surface area contributed by atoms with Crippen LogP contribution in [0.15, 0.2) is 42.6 Å². The zero-order valence-electron chi connectivity index (χ0n) is 12.9. The maximum absolute atomic E-state index is 12.2. The topological polar surface area (TPSA) is 72.9 Å². The van der Waals surface area contributed by atoms with Gasteiger partial charge in [0, 0.05) is 18.8 Å². The molecule has 3 N–H and O–H groups in total. The Morgan fingerprint density at radius 1 is 1.27 bits per heavy atom. The first-order chi connectivity index (χ1) is 10.1. The van der Waals surface area contributed by atoms with Crippen LogP contribution in [0.2, 0.25) is 0 Å². The minimum absolute atomic E-state index is 0. The molecule has 0 aliphatic rings. The fraction of sp³-hybridized carbons (Fsp3) is 0.375. The number of nitrogens with two attached hydrogens (primary N) is 1. The highest BCUT2D eigenvalue weighted by molar-refractivity contribution is 5.92. The van der Waals surface area contributed by atoms with E-state index in [2.05, 4.69) is 24.3 Å². The van der Waals surface area contributed by atoms with E-state index in [0.717, 1.165) is 12.1 Å². The van der Waals surface area contributed by atoms with Gasteiger partial charge in [0.2, 0.25) is 0 Å². The van der Waals surface area contributed by atoms with Gasteiger partial charge in [-0.05, 0) is 30.5 Å². The number of carbonyl (C=O) groups excluding carboxylic acids is 1. The van der Waals surface area contributed by atoms with Crippen molar-refractivity contribution in [3.05, 3.63) is 48.3 Å². The van der Waals surface area contributed by atoms with Crippen LogP contribution in [-0.2, 0) is 0 Å². The Bertz CT molecular complexity index is 583. The van der Waals surface area contributed by atoms with Crippen molar-refractivity contribution in [1.82, 2.24) is 15.1 Å². The highest BCUT2D eigenvalue weighted by Gasteiger charge is 2.16. The third-order valence-corrected chi connectivity index (χ3v) is 3.22. The minimum atomic E-state index is -0.180. The third-order valence-electron chi connectivity index (χ3n) is 3.22. The van der Waals surface area contributed by atoms with E-state index in [1.54, 1.807) is 16.9 Å². The summed E-state index contributed by atoms with van der Waals surface area (Å²) < 4.78 is 1.69. The molecule has 0 radical (unpaired) electrons. The predicted molar refractivity (Wildman–Crippen MR) is 90.6 cm³/mol. The molecule has 0 bridgehead atoms. The quantitative estimate of drug-likeness (QED) is 0.857. The lowest BCUT2D eigenvalue weighted by Crippen LogP contribution is -2.41. The molecule has 5 nitrogen and oxygen atoms in total. The largest absolute Gasteiger partial charge is 0.347 e. The molecular weight excluding hydrogens is 300 g/mol. The summed E-state index contributed by atoms with van der Waals surface area (Å²) in [6, 6.07) is 11.4. The van der Waals surface area contributed by atoms with Gasteiger partial charge >= 0.3 is 0 Å². The van der Waals surface area contributed by atoms with Crippen LogP contribution < -0.4 is 11.1 Å². The van der Waals surface area contributed by atoms with Crippen LogP contribution in [0, 0.1) is 5.92 Å². The summed E-state index contributed by atoms with van der Waals surface area (Å²) in [5.74, 6) is 0.307. The molecule has 120 valence electrons. The van der Waals surface area contributed by atoms with Gasteiger partial charge in [0.25, 0.3) is 5.91 Å². The molecule has 1 aromatic carbocycles. The van der Waals surface area contributed by atoms with Gasteiger partial charge in [-0.15, -0.1) is 12.4 Å². The molecule has 2 rings (SSSR count). The first-order valence-electron chi connectivity index (χ1n) is 7.22. The fourth-order valence-electron chi connectivity index (χ4n) is 2.21. The third kappa shape index (κ3) is 4.86. The Balaban J connectivity index is 0.00000242. The number of nitrogens with one attached hydrogen (secondary N) is 1. The van der Waals surface area contributed by atoms with Crippen LogP contribution in [-0.4, -0.2) is 28.3 Å². The van der Waals surface area contributed by atoms with Gasteiger partial charge in [-0.25, -0.2) is 4.68 Å². The molecule has 1 unspecified atom stereocenters. The lowest BCUT2D eigenvalue weighted by atomic mass is 10.0. The van der Waals surface area contributed by atoms with Crippen molar-refractivity contribution in [3.63, 3.8) is 0 Å². The molecule has 0 aliphatic heterocycles. The van der Waals surface area contributed by atoms with Gasteiger partial charge in [0.15, 0.2) is 5.69 Å². The molecule has 2 aromatic rings. The molecule has 6 heteroatoms. The van der Waals surface area contributed by atoms with Crippen LogP contribution in [0.25, 0.3) is 5.69 Å². The van der Waals surface area contributed by atoms with Gasteiger partial charge in [0.1, 0.15) is 0 Å². The normalized spacial score (nSPS) is 11.8. The van der Waals surface area contributed by atoms with Crippen LogP contribution in [0.3, 0.4) is 0 Å². The Morgan fingerprint density at radius 3 is 2.55 bits per heavy atom. The first kappa shape index (κ1) is 18.2. The maximum atomic E-state index is 12.2. The molecule has 0 saturated carbocycles. The van der Waals surface area contributed by atoms with Crippen molar-refractivity contribution < 1.29 is 4.79 Å². The van der Waals surface area contributed by atoms with Crippen molar-refractivity contribution in [2.45, 2.75) is 26.3 Å². The number of benzene rings is 1. The number of halogens is 1. The van der Waals surface area contributed by atoms with Gasteiger partial charge in [-0.2, -0.15) is 5.10 Å². The van der Waals surface area contributed by atoms with Gasteiger partial charge < -0.3 is 11.1 Å². The molecular formula is C16H23ClN4O. The smallest absolute Gasteiger partial charge is 0.272 e. The van der Waals surface area contributed by atoms with Crippen molar-refractivity contribution >= 4 is 18.3 Å². The number of carbonyl (C=O) groups is 1. The number of rotatable bonds is 6. The van der Waals surface area contributed by atoms with Crippen molar-refractivity contribution in [2.75, 3.05) is 6.54 Å². The van der Waals surface area contributed by atoms with Crippen molar-refractivity contribution in [3.8, 4) is 5.69 Å². The Morgan fingerprint density at radius 2 is 1.95 bits per heavy atom. The number of nitrogens with zero attached hydrogens (tertiary/aromatic N) is 2. The monoisotopic (exact) mass is 322 g/mol. The maximum Gasteiger partial charge on any atom is 0.272 e. The standard InChI is InChI=1S/C16H22N4O.ClH/c1-12(2)10-13(11-17)18-16(21)15-8-9-20(19-15)14-6-4-3-5-7-14;/h3-9,12-13H,10-11,17H2,1-2H3,(H,18,21);1H. The second-order valence-corrected chi connectivity index (χ2v) is 5.52. The number of para-hydroxylation sites is 1. The lowest BCUT2D eigenvalue weighted by Gasteiger charge is -2.18. The molecule has 1 aromatic heterocycles. The highest BCUT2D eigenvalue weighted by Crippen LogP contribution is 2.08. The van der Waals surface area contributed by atoms with E-state index in [1.807, 2.05) is 30.3 Å². The number of amides is 1. The van der Waals surface area contributed by atoms with Crippen LogP contribution >= 0.6 is 12.4 Å². The summed E-state index contributed by atoms with van der Waals surface area (Å²) in [5, 5.41) is 7.25. The van der Waals surface area contributed by atoms with E-state index < -0.39 is 0 Å². The molecule has 1 heterocycles. The molecule has 1 atom stereocenters. The molecule has 0 fully saturated rings. The number of hydrogen-bond acceptors (Lipinski definition) is 3. The van der Waals surface area contributed by atoms with E-state index in [0.29, 0.717) is 18.2 Å². The molecule has 1 amide bonds.